The zero-order valence-electron chi connectivity index (χ0n) is 14.4. The molecule has 25 heavy (non-hydrogen) atoms. The van der Waals surface area contributed by atoms with Gasteiger partial charge < -0.3 is 0 Å². The van der Waals surface area contributed by atoms with Gasteiger partial charge in [-0.1, -0.05) is 20.3 Å². The normalized spacial score (nSPS) is 17.4. The van der Waals surface area contributed by atoms with E-state index in [0.29, 0.717) is 24.0 Å². The fraction of sp³-hybridized carbons (Fsp3) is 0.444. The molecule has 0 spiro atoms. The lowest BCUT2D eigenvalue weighted by Crippen LogP contribution is -2.49. The molecule has 0 bridgehead atoms. The first-order valence-corrected chi connectivity index (χ1v) is 8.51. The van der Waals surface area contributed by atoms with Crippen LogP contribution in [0.5, 0.6) is 0 Å². The molecule has 1 aromatic rings. The fourth-order valence-corrected chi connectivity index (χ4v) is 3.54. The van der Waals surface area contributed by atoms with Gasteiger partial charge in [0.2, 0.25) is 12.3 Å². The van der Waals surface area contributed by atoms with E-state index in [1.807, 2.05) is 6.92 Å². The highest BCUT2D eigenvalue weighted by Gasteiger charge is 2.43. The summed E-state index contributed by atoms with van der Waals surface area (Å²) in [5.41, 5.74) is 2.80. The van der Waals surface area contributed by atoms with Crippen LogP contribution in [0.3, 0.4) is 0 Å². The van der Waals surface area contributed by atoms with E-state index in [0.717, 1.165) is 35.7 Å². The first kappa shape index (κ1) is 17.3. The van der Waals surface area contributed by atoms with Crippen molar-refractivity contribution in [1.82, 2.24) is 15.1 Å². The summed E-state index contributed by atoms with van der Waals surface area (Å²) in [7, 11) is 0. The SMILES string of the molecule is CCCC(C(=O)NC=O)N1C(=O)c2cc3c(cc2C1=O)CN(CC)C3. The molecule has 2 heterocycles. The Morgan fingerprint density at radius 2 is 1.72 bits per heavy atom. The maximum Gasteiger partial charge on any atom is 0.262 e. The Morgan fingerprint density at radius 3 is 2.16 bits per heavy atom. The lowest BCUT2D eigenvalue weighted by atomic mass is 10.0. The van der Waals surface area contributed by atoms with Crippen LogP contribution in [0.15, 0.2) is 12.1 Å². The van der Waals surface area contributed by atoms with E-state index in [1.54, 1.807) is 12.1 Å². The van der Waals surface area contributed by atoms with E-state index in [4.69, 9.17) is 0 Å². The minimum atomic E-state index is -0.968. The maximum atomic E-state index is 12.8. The van der Waals surface area contributed by atoms with Crippen molar-refractivity contribution in [2.75, 3.05) is 6.54 Å². The second kappa shape index (κ2) is 6.76. The van der Waals surface area contributed by atoms with Crippen LogP contribution in [0.2, 0.25) is 0 Å². The zero-order chi connectivity index (χ0) is 18.1. The third kappa shape index (κ3) is 2.84. The lowest BCUT2D eigenvalue weighted by Gasteiger charge is -2.23. The van der Waals surface area contributed by atoms with Crippen molar-refractivity contribution >= 4 is 24.1 Å². The minimum Gasteiger partial charge on any atom is -0.297 e. The molecule has 0 saturated heterocycles. The van der Waals surface area contributed by atoms with E-state index in [2.05, 4.69) is 17.1 Å². The summed E-state index contributed by atoms with van der Waals surface area (Å²) in [6, 6.07) is 2.59. The number of hydrogen-bond donors (Lipinski definition) is 1. The molecule has 1 unspecified atom stereocenters. The van der Waals surface area contributed by atoms with Crippen LogP contribution in [0.1, 0.15) is 58.5 Å². The number of nitrogens with one attached hydrogen (secondary N) is 1. The third-order valence-electron chi connectivity index (χ3n) is 4.85. The predicted molar refractivity (Wildman–Crippen MR) is 89.6 cm³/mol. The molecule has 0 saturated carbocycles. The van der Waals surface area contributed by atoms with Crippen molar-refractivity contribution in [2.45, 2.75) is 45.8 Å². The monoisotopic (exact) mass is 343 g/mol. The first-order chi connectivity index (χ1) is 12.0. The molecule has 2 aliphatic heterocycles. The van der Waals surface area contributed by atoms with Crippen molar-refractivity contribution in [3.8, 4) is 0 Å². The Morgan fingerprint density at radius 1 is 1.16 bits per heavy atom. The fourth-order valence-electron chi connectivity index (χ4n) is 3.54. The van der Waals surface area contributed by atoms with Gasteiger partial charge >= 0.3 is 0 Å². The van der Waals surface area contributed by atoms with Crippen molar-refractivity contribution in [1.29, 1.82) is 0 Å². The molecule has 2 aliphatic rings. The van der Waals surface area contributed by atoms with E-state index in [9.17, 15) is 19.2 Å². The number of imide groups is 2. The van der Waals surface area contributed by atoms with Gasteiger partial charge in [-0.2, -0.15) is 0 Å². The molecule has 7 heteroatoms. The first-order valence-electron chi connectivity index (χ1n) is 8.51. The van der Waals surface area contributed by atoms with Gasteiger partial charge in [0.25, 0.3) is 11.8 Å². The number of amides is 4. The van der Waals surface area contributed by atoms with Crippen LogP contribution in [0.4, 0.5) is 0 Å². The maximum absolute atomic E-state index is 12.8. The molecular weight excluding hydrogens is 322 g/mol. The highest BCUT2D eigenvalue weighted by atomic mass is 16.2. The quantitative estimate of drug-likeness (QED) is 0.616. The van der Waals surface area contributed by atoms with Gasteiger partial charge in [-0.15, -0.1) is 0 Å². The summed E-state index contributed by atoms with van der Waals surface area (Å²) in [4.78, 5) is 51.6. The minimum absolute atomic E-state index is 0.275. The number of benzene rings is 1. The Labute approximate surface area is 146 Å². The van der Waals surface area contributed by atoms with Gasteiger partial charge in [0.1, 0.15) is 6.04 Å². The number of hydrogen-bond acceptors (Lipinski definition) is 5. The summed E-state index contributed by atoms with van der Waals surface area (Å²) in [5.74, 6) is -1.55. The zero-order valence-corrected chi connectivity index (χ0v) is 14.4. The van der Waals surface area contributed by atoms with Gasteiger partial charge in [-0.05, 0) is 36.2 Å². The van der Waals surface area contributed by atoms with Crippen molar-refractivity contribution in [2.24, 2.45) is 0 Å². The largest absolute Gasteiger partial charge is 0.297 e. The summed E-state index contributed by atoms with van der Waals surface area (Å²) >= 11 is 0. The van der Waals surface area contributed by atoms with Crippen LogP contribution < -0.4 is 5.32 Å². The summed E-state index contributed by atoms with van der Waals surface area (Å²) in [6.07, 6.45) is 1.19. The topological polar surface area (TPSA) is 86.8 Å². The van der Waals surface area contributed by atoms with Crippen LogP contribution in [0, 0.1) is 0 Å². The van der Waals surface area contributed by atoms with E-state index >= 15 is 0 Å². The summed E-state index contributed by atoms with van der Waals surface area (Å²) in [6.45, 7) is 6.33. The van der Waals surface area contributed by atoms with E-state index in [1.165, 1.54) is 0 Å². The Bertz CT molecular complexity index is 714. The molecule has 1 aromatic carbocycles. The molecule has 0 radical (unpaired) electrons. The van der Waals surface area contributed by atoms with Crippen LogP contribution in [-0.2, 0) is 22.7 Å². The molecule has 1 N–H and O–H groups in total. The standard InChI is InChI=1S/C18H21N3O4/c1-3-5-15(16(23)19-10-22)21-17(24)13-6-11-8-20(4-2)9-12(11)7-14(13)18(21)25/h6-7,10,15H,3-5,8-9H2,1-2H3,(H,19,22,23). The van der Waals surface area contributed by atoms with Crippen LogP contribution in [0.25, 0.3) is 0 Å². The van der Waals surface area contributed by atoms with Crippen LogP contribution in [-0.4, -0.2) is 46.5 Å². The summed E-state index contributed by atoms with van der Waals surface area (Å²) < 4.78 is 0. The second-order valence-electron chi connectivity index (χ2n) is 6.38. The smallest absolute Gasteiger partial charge is 0.262 e. The Balaban J connectivity index is 1.95. The average molecular weight is 343 g/mol. The van der Waals surface area contributed by atoms with E-state index < -0.39 is 23.8 Å². The lowest BCUT2D eigenvalue weighted by molar-refractivity contribution is -0.128. The second-order valence-corrected chi connectivity index (χ2v) is 6.38. The molecule has 4 amide bonds. The van der Waals surface area contributed by atoms with Gasteiger partial charge in [0.15, 0.2) is 0 Å². The molecule has 3 rings (SSSR count). The molecule has 1 atom stereocenters. The Hall–Kier alpha value is -2.54. The molecule has 0 fully saturated rings. The molecule has 0 aromatic heterocycles. The number of carbonyl (C=O) groups excluding carboxylic acids is 4. The van der Waals surface area contributed by atoms with E-state index in [-0.39, 0.29) is 6.41 Å². The van der Waals surface area contributed by atoms with Gasteiger partial charge in [0, 0.05) is 13.1 Å². The van der Waals surface area contributed by atoms with Crippen molar-refractivity contribution in [3.05, 3.63) is 34.4 Å². The number of fused-ring (bicyclic) bond motifs is 2. The number of carbonyl (C=O) groups is 4. The Kier molecular flexibility index (Phi) is 4.67. The van der Waals surface area contributed by atoms with Gasteiger partial charge in [-0.3, -0.25) is 34.3 Å². The van der Waals surface area contributed by atoms with Gasteiger partial charge in [0.05, 0.1) is 11.1 Å². The number of rotatable bonds is 6. The number of nitrogens with zero attached hydrogens (tertiary/aromatic N) is 2. The van der Waals surface area contributed by atoms with Gasteiger partial charge in [-0.25, -0.2) is 0 Å². The van der Waals surface area contributed by atoms with Crippen molar-refractivity contribution in [3.63, 3.8) is 0 Å². The predicted octanol–water partition coefficient (Wildman–Crippen LogP) is 1.06. The molecule has 7 nitrogen and oxygen atoms in total. The van der Waals surface area contributed by atoms with Crippen molar-refractivity contribution < 1.29 is 19.2 Å². The summed E-state index contributed by atoms with van der Waals surface area (Å²) in [5, 5.41) is 2.06. The highest BCUT2D eigenvalue weighted by molar-refractivity contribution is 6.23. The molecule has 132 valence electrons. The molecular formula is C18H21N3O4. The molecule has 0 aliphatic carbocycles. The highest BCUT2D eigenvalue weighted by Crippen LogP contribution is 2.32. The average Bonchev–Trinajstić information content (AvgIpc) is 3.11. The third-order valence-corrected chi connectivity index (χ3v) is 4.85. The van der Waals surface area contributed by atoms with Crippen LogP contribution >= 0.6 is 0 Å².